The number of methoxy groups -OCH3 is 1. The smallest absolute Gasteiger partial charge is 0.297 e. The number of hydrogen-bond donors (Lipinski definition) is 2. The lowest BCUT2D eigenvalue weighted by molar-refractivity contribution is 0.397. The van der Waals surface area contributed by atoms with Crippen LogP contribution in [0.2, 0.25) is 0 Å². The summed E-state index contributed by atoms with van der Waals surface area (Å²) in [6, 6.07) is 4.56. The standard InChI is InChI=1S/C12H16N4O4S/c1-8-6-10(19-3)15-12(14-8)16-21(17,18)11-5-4-9(20-11)7-13-2/h4-6,13H,7H2,1-3H3,(H,14,15,16). The van der Waals surface area contributed by atoms with Crippen LogP contribution in [0.5, 0.6) is 5.88 Å². The van der Waals surface area contributed by atoms with Crippen molar-refractivity contribution in [2.24, 2.45) is 0 Å². The highest BCUT2D eigenvalue weighted by molar-refractivity contribution is 7.92. The molecule has 0 aliphatic carbocycles. The van der Waals surface area contributed by atoms with E-state index in [-0.39, 0.29) is 16.9 Å². The fourth-order valence-electron chi connectivity index (χ4n) is 1.63. The normalized spacial score (nSPS) is 11.4. The number of anilines is 1. The SMILES string of the molecule is CNCc1ccc(S(=O)(=O)Nc2nc(C)cc(OC)n2)o1. The van der Waals surface area contributed by atoms with E-state index < -0.39 is 10.0 Å². The van der Waals surface area contributed by atoms with E-state index in [2.05, 4.69) is 20.0 Å². The van der Waals surface area contributed by atoms with Gasteiger partial charge in [-0.05, 0) is 26.1 Å². The molecule has 114 valence electrons. The Kier molecular flexibility index (Phi) is 4.43. The summed E-state index contributed by atoms with van der Waals surface area (Å²) in [6.45, 7) is 2.14. The molecular weight excluding hydrogens is 296 g/mol. The van der Waals surface area contributed by atoms with Crippen LogP contribution in [0, 0.1) is 6.92 Å². The van der Waals surface area contributed by atoms with Crippen LogP contribution in [-0.4, -0.2) is 32.5 Å². The van der Waals surface area contributed by atoms with Crippen LogP contribution < -0.4 is 14.8 Å². The molecule has 0 bridgehead atoms. The highest BCUT2D eigenvalue weighted by Crippen LogP contribution is 2.18. The van der Waals surface area contributed by atoms with Gasteiger partial charge in [-0.1, -0.05) is 0 Å². The van der Waals surface area contributed by atoms with E-state index in [1.807, 2.05) is 0 Å². The van der Waals surface area contributed by atoms with Crippen molar-refractivity contribution < 1.29 is 17.6 Å². The molecule has 0 fully saturated rings. The Morgan fingerprint density at radius 1 is 1.33 bits per heavy atom. The van der Waals surface area contributed by atoms with Crippen molar-refractivity contribution in [2.75, 3.05) is 18.9 Å². The quantitative estimate of drug-likeness (QED) is 0.816. The fraction of sp³-hybridized carbons (Fsp3) is 0.333. The van der Waals surface area contributed by atoms with Crippen molar-refractivity contribution in [1.82, 2.24) is 15.3 Å². The summed E-state index contributed by atoms with van der Waals surface area (Å²) in [6.07, 6.45) is 0. The minimum atomic E-state index is -3.88. The number of aryl methyl sites for hydroxylation is 1. The molecule has 2 aromatic heterocycles. The Bertz CT molecular complexity index is 727. The molecule has 0 atom stereocenters. The summed E-state index contributed by atoms with van der Waals surface area (Å²) < 4.78 is 36.9. The Morgan fingerprint density at radius 2 is 2.10 bits per heavy atom. The lowest BCUT2D eigenvalue weighted by atomic mass is 10.4. The summed E-state index contributed by atoms with van der Waals surface area (Å²) in [5.74, 6) is 0.717. The minimum absolute atomic E-state index is 0.0709. The predicted octanol–water partition coefficient (Wildman–Crippen LogP) is 0.907. The van der Waals surface area contributed by atoms with Crippen molar-refractivity contribution in [1.29, 1.82) is 0 Å². The molecule has 9 heteroatoms. The first kappa shape index (κ1) is 15.3. The molecule has 2 N–H and O–H groups in total. The number of sulfonamides is 1. The molecule has 21 heavy (non-hydrogen) atoms. The Labute approximate surface area is 122 Å². The molecule has 8 nitrogen and oxygen atoms in total. The van der Waals surface area contributed by atoms with Crippen LogP contribution in [0.25, 0.3) is 0 Å². The van der Waals surface area contributed by atoms with Crippen LogP contribution in [-0.2, 0) is 16.6 Å². The summed E-state index contributed by atoms with van der Waals surface area (Å²) in [5.41, 5.74) is 0.579. The third-order valence-electron chi connectivity index (χ3n) is 2.52. The highest BCUT2D eigenvalue weighted by atomic mass is 32.2. The fourth-order valence-corrected chi connectivity index (χ4v) is 2.53. The molecule has 0 spiro atoms. The van der Waals surface area contributed by atoms with Crippen LogP contribution in [0.3, 0.4) is 0 Å². The lowest BCUT2D eigenvalue weighted by Gasteiger charge is -2.06. The second kappa shape index (κ2) is 6.10. The van der Waals surface area contributed by atoms with Gasteiger partial charge in [0.1, 0.15) is 5.76 Å². The monoisotopic (exact) mass is 312 g/mol. The molecule has 2 heterocycles. The van der Waals surface area contributed by atoms with Crippen molar-refractivity contribution >= 4 is 16.0 Å². The van der Waals surface area contributed by atoms with Gasteiger partial charge in [-0.15, -0.1) is 0 Å². The molecule has 0 aliphatic heterocycles. The Hall–Kier alpha value is -2.13. The van der Waals surface area contributed by atoms with Crippen LogP contribution >= 0.6 is 0 Å². The van der Waals surface area contributed by atoms with E-state index in [1.165, 1.54) is 13.2 Å². The van der Waals surface area contributed by atoms with Gasteiger partial charge >= 0.3 is 0 Å². The number of nitrogens with one attached hydrogen (secondary N) is 2. The first-order valence-corrected chi connectivity index (χ1v) is 7.58. The topological polar surface area (TPSA) is 106 Å². The average molecular weight is 312 g/mol. The Morgan fingerprint density at radius 3 is 2.76 bits per heavy atom. The van der Waals surface area contributed by atoms with E-state index >= 15 is 0 Å². The molecule has 0 amide bonds. The van der Waals surface area contributed by atoms with Crippen molar-refractivity contribution in [3.05, 3.63) is 29.7 Å². The number of rotatable bonds is 6. The highest BCUT2D eigenvalue weighted by Gasteiger charge is 2.20. The first-order chi connectivity index (χ1) is 9.94. The number of aromatic nitrogens is 2. The molecule has 0 saturated carbocycles. The average Bonchev–Trinajstić information content (AvgIpc) is 2.87. The molecule has 2 aromatic rings. The maximum atomic E-state index is 12.2. The van der Waals surface area contributed by atoms with E-state index in [0.717, 1.165) is 0 Å². The number of hydrogen-bond acceptors (Lipinski definition) is 7. The summed E-state index contributed by atoms with van der Waals surface area (Å²) in [7, 11) is -0.699. The molecule has 0 aliphatic rings. The molecule has 0 saturated heterocycles. The summed E-state index contributed by atoms with van der Waals surface area (Å²) in [4.78, 5) is 7.93. The van der Waals surface area contributed by atoms with Gasteiger partial charge in [-0.2, -0.15) is 13.4 Å². The van der Waals surface area contributed by atoms with E-state index in [4.69, 9.17) is 9.15 Å². The molecule has 0 aromatic carbocycles. The van der Waals surface area contributed by atoms with Gasteiger partial charge in [0.25, 0.3) is 10.0 Å². The van der Waals surface area contributed by atoms with E-state index in [0.29, 0.717) is 18.0 Å². The largest absolute Gasteiger partial charge is 0.481 e. The van der Waals surface area contributed by atoms with Crippen LogP contribution in [0.15, 0.2) is 27.7 Å². The summed E-state index contributed by atoms with van der Waals surface area (Å²) >= 11 is 0. The second-order valence-electron chi connectivity index (χ2n) is 4.23. The van der Waals surface area contributed by atoms with Gasteiger partial charge in [0.05, 0.1) is 13.7 Å². The Balaban J connectivity index is 2.26. The zero-order chi connectivity index (χ0) is 15.5. The van der Waals surface area contributed by atoms with Crippen molar-refractivity contribution in [3.8, 4) is 5.88 Å². The molecule has 2 rings (SSSR count). The maximum absolute atomic E-state index is 12.2. The third-order valence-corrected chi connectivity index (χ3v) is 3.72. The number of furan rings is 1. The molecule has 0 unspecified atom stereocenters. The molecular formula is C12H16N4O4S. The number of ether oxygens (including phenoxy) is 1. The maximum Gasteiger partial charge on any atom is 0.297 e. The zero-order valence-corrected chi connectivity index (χ0v) is 12.7. The second-order valence-corrected chi connectivity index (χ2v) is 5.85. The van der Waals surface area contributed by atoms with Gasteiger partial charge in [0, 0.05) is 11.8 Å². The van der Waals surface area contributed by atoms with E-state index in [9.17, 15) is 8.42 Å². The first-order valence-electron chi connectivity index (χ1n) is 6.10. The van der Waals surface area contributed by atoms with Crippen molar-refractivity contribution in [3.63, 3.8) is 0 Å². The zero-order valence-electron chi connectivity index (χ0n) is 11.9. The van der Waals surface area contributed by atoms with Gasteiger partial charge in [0.2, 0.25) is 16.9 Å². The van der Waals surface area contributed by atoms with Crippen LogP contribution in [0.4, 0.5) is 5.95 Å². The third kappa shape index (κ3) is 3.70. The van der Waals surface area contributed by atoms with Gasteiger partial charge in [-0.25, -0.2) is 9.71 Å². The molecule has 0 radical (unpaired) electrons. The van der Waals surface area contributed by atoms with Gasteiger partial charge < -0.3 is 14.5 Å². The van der Waals surface area contributed by atoms with E-state index in [1.54, 1.807) is 26.1 Å². The van der Waals surface area contributed by atoms with Gasteiger partial charge in [-0.3, -0.25) is 0 Å². The number of nitrogens with zero attached hydrogens (tertiary/aromatic N) is 2. The predicted molar refractivity (Wildman–Crippen MR) is 75.6 cm³/mol. The summed E-state index contributed by atoms with van der Waals surface area (Å²) in [5, 5.41) is 2.67. The van der Waals surface area contributed by atoms with Gasteiger partial charge in [0.15, 0.2) is 0 Å². The lowest BCUT2D eigenvalue weighted by Crippen LogP contribution is -2.15. The van der Waals surface area contributed by atoms with Crippen LogP contribution in [0.1, 0.15) is 11.5 Å². The minimum Gasteiger partial charge on any atom is -0.481 e. The van der Waals surface area contributed by atoms with Crippen molar-refractivity contribution in [2.45, 2.75) is 18.6 Å².